The van der Waals surface area contributed by atoms with Crippen LogP contribution < -0.4 is 5.56 Å². The maximum atomic E-state index is 12.7. The number of sulfone groups is 1. The number of pyridine rings is 1. The second-order valence-electron chi connectivity index (χ2n) is 6.88. The molecule has 0 saturated carbocycles. The molecule has 156 valence electrons. The van der Waals surface area contributed by atoms with E-state index in [1.54, 1.807) is 12.1 Å². The number of rotatable bonds is 4. The van der Waals surface area contributed by atoms with Crippen LogP contribution in [-0.4, -0.2) is 48.9 Å². The second-order valence-corrected chi connectivity index (χ2v) is 9.11. The molecule has 0 unspecified atom stereocenters. The van der Waals surface area contributed by atoms with Crippen molar-refractivity contribution in [2.24, 2.45) is 4.99 Å². The van der Waals surface area contributed by atoms with Crippen LogP contribution in [0.3, 0.4) is 0 Å². The van der Waals surface area contributed by atoms with Gasteiger partial charge >= 0.3 is 5.97 Å². The summed E-state index contributed by atoms with van der Waals surface area (Å²) in [5.41, 5.74) is 0.285. The van der Waals surface area contributed by atoms with Crippen molar-refractivity contribution in [3.05, 3.63) is 56.9 Å². The summed E-state index contributed by atoms with van der Waals surface area (Å²) in [6.07, 6.45) is 1.48. The predicted molar refractivity (Wildman–Crippen MR) is 109 cm³/mol. The van der Waals surface area contributed by atoms with Gasteiger partial charge in [0.25, 0.3) is 5.56 Å². The number of carbonyl (C=O) groups excluding carboxylic acids is 1. The Morgan fingerprint density at radius 1 is 1.37 bits per heavy atom. The van der Waals surface area contributed by atoms with Gasteiger partial charge in [-0.3, -0.25) is 14.4 Å². The molecule has 1 aromatic heterocycles. The van der Waals surface area contributed by atoms with E-state index in [9.17, 15) is 28.4 Å². The number of aliphatic imine (C=N–C) groups is 1. The second kappa shape index (κ2) is 8.12. The van der Waals surface area contributed by atoms with Crippen molar-refractivity contribution >= 4 is 27.7 Å². The predicted octanol–water partition coefficient (Wildman–Crippen LogP) is 1.63. The van der Waals surface area contributed by atoms with E-state index in [1.807, 2.05) is 6.07 Å². The van der Waals surface area contributed by atoms with Gasteiger partial charge in [-0.25, -0.2) is 13.2 Å². The van der Waals surface area contributed by atoms with Gasteiger partial charge in [0, 0.05) is 6.21 Å². The molecule has 0 spiro atoms. The minimum atomic E-state index is -3.31. The van der Waals surface area contributed by atoms with Crippen molar-refractivity contribution in [1.29, 1.82) is 5.26 Å². The summed E-state index contributed by atoms with van der Waals surface area (Å²) < 4.78 is 29.3. The molecule has 30 heavy (non-hydrogen) atoms. The van der Waals surface area contributed by atoms with Crippen LogP contribution in [0.25, 0.3) is 0 Å². The summed E-state index contributed by atoms with van der Waals surface area (Å²) in [6.45, 7) is 1.51. The highest BCUT2D eigenvalue weighted by atomic mass is 32.2. The minimum Gasteiger partial charge on any atom is -0.494 e. The molecule has 0 bridgehead atoms. The highest BCUT2D eigenvalue weighted by molar-refractivity contribution is 7.91. The van der Waals surface area contributed by atoms with E-state index < -0.39 is 33.3 Å². The molecule has 1 atom stereocenters. The van der Waals surface area contributed by atoms with Crippen molar-refractivity contribution in [2.75, 3.05) is 18.6 Å². The molecule has 10 heteroatoms. The number of carbonyl (C=O) groups is 1. The summed E-state index contributed by atoms with van der Waals surface area (Å²) in [4.78, 5) is 28.4. The zero-order valence-electron chi connectivity index (χ0n) is 16.3. The number of benzene rings is 1. The van der Waals surface area contributed by atoms with Crippen molar-refractivity contribution in [1.82, 2.24) is 4.57 Å². The molecular formula is C20H19N3O6S. The number of hydrogen-bond donors (Lipinski definition) is 1. The highest BCUT2D eigenvalue weighted by Gasteiger charge is 2.33. The lowest BCUT2D eigenvalue weighted by Crippen LogP contribution is -2.29. The zero-order chi connectivity index (χ0) is 22.1. The van der Waals surface area contributed by atoms with Crippen molar-refractivity contribution in [2.45, 2.75) is 19.4 Å². The lowest BCUT2D eigenvalue weighted by molar-refractivity contribution is 0.0600. The first kappa shape index (κ1) is 21.3. The smallest absolute Gasteiger partial charge is 0.337 e. The van der Waals surface area contributed by atoms with Gasteiger partial charge in [0.1, 0.15) is 11.6 Å². The largest absolute Gasteiger partial charge is 0.494 e. The number of ether oxygens (including phenoxy) is 1. The van der Waals surface area contributed by atoms with Crippen molar-refractivity contribution < 1.29 is 23.1 Å². The molecule has 0 amide bonds. The van der Waals surface area contributed by atoms with E-state index in [1.165, 1.54) is 32.4 Å². The van der Waals surface area contributed by atoms with Crippen LogP contribution in [0.4, 0.5) is 5.69 Å². The summed E-state index contributed by atoms with van der Waals surface area (Å²) in [5.74, 6) is -1.29. The molecule has 1 saturated heterocycles. The average Bonchev–Trinajstić information content (AvgIpc) is 3.07. The zero-order valence-corrected chi connectivity index (χ0v) is 17.1. The molecule has 9 nitrogen and oxygen atoms in total. The summed E-state index contributed by atoms with van der Waals surface area (Å²) >= 11 is 0. The fraction of sp³-hybridized carbons (Fsp3) is 0.300. The number of nitriles is 1. The van der Waals surface area contributed by atoms with Gasteiger partial charge in [-0.1, -0.05) is 0 Å². The average molecular weight is 429 g/mol. The maximum Gasteiger partial charge on any atom is 0.337 e. The number of esters is 1. The first-order valence-corrected chi connectivity index (χ1v) is 10.8. The molecule has 1 aromatic carbocycles. The SMILES string of the molecule is COC(=O)c1ccc(N=Cc2c(C)c(C#N)c(=O)n([C@@H]3CCS(=O)(=O)C3)c2O)cc1. The number of aromatic hydroxyl groups is 1. The molecule has 3 rings (SSSR count). The Kier molecular flexibility index (Phi) is 5.75. The fourth-order valence-corrected chi connectivity index (χ4v) is 5.05. The third-order valence-corrected chi connectivity index (χ3v) is 6.75. The molecule has 1 aliphatic heterocycles. The van der Waals surface area contributed by atoms with Gasteiger partial charge in [0.15, 0.2) is 9.84 Å². The van der Waals surface area contributed by atoms with Crippen LogP contribution in [0.5, 0.6) is 5.88 Å². The van der Waals surface area contributed by atoms with Crippen molar-refractivity contribution in [3.63, 3.8) is 0 Å². The summed E-state index contributed by atoms with van der Waals surface area (Å²) in [7, 11) is -2.04. The molecule has 1 fully saturated rings. The molecular weight excluding hydrogens is 410 g/mol. The van der Waals surface area contributed by atoms with Crippen LogP contribution in [0.2, 0.25) is 0 Å². The van der Waals surface area contributed by atoms with Crippen molar-refractivity contribution in [3.8, 4) is 11.9 Å². The molecule has 0 radical (unpaired) electrons. The molecule has 0 aliphatic carbocycles. The standard InChI is InChI=1S/C20H19N3O6S/c1-12-16(9-21)18(24)23(15-7-8-30(27,28)11-15)19(25)17(12)10-22-14-5-3-13(4-6-14)20(26)29-2/h3-6,10,15,25H,7-8,11H2,1-2H3/t15-/m1/s1. The van der Waals surface area contributed by atoms with E-state index in [-0.39, 0.29) is 34.6 Å². The van der Waals surface area contributed by atoms with Crippen LogP contribution in [0.1, 0.15) is 39.5 Å². The number of hydrogen-bond acceptors (Lipinski definition) is 8. The first-order valence-electron chi connectivity index (χ1n) is 8.99. The van der Waals surface area contributed by atoms with Crippen LogP contribution in [0, 0.1) is 18.3 Å². The Balaban J connectivity index is 2.05. The maximum absolute atomic E-state index is 12.7. The Morgan fingerprint density at radius 3 is 2.57 bits per heavy atom. The van der Waals surface area contributed by atoms with Gasteiger partial charge < -0.3 is 9.84 Å². The number of nitrogens with zero attached hydrogens (tertiary/aromatic N) is 3. The van der Waals surface area contributed by atoms with E-state index in [0.29, 0.717) is 11.3 Å². The molecule has 2 aromatic rings. The third kappa shape index (κ3) is 3.97. The molecule has 1 aliphatic rings. The Hall–Kier alpha value is -3.45. The first-order chi connectivity index (χ1) is 14.2. The lowest BCUT2D eigenvalue weighted by Gasteiger charge is -2.18. The third-order valence-electron chi connectivity index (χ3n) is 5.00. The highest BCUT2D eigenvalue weighted by Crippen LogP contribution is 2.29. The minimum absolute atomic E-state index is 0.0880. The summed E-state index contributed by atoms with van der Waals surface area (Å²) in [6, 6.07) is 7.27. The fourth-order valence-electron chi connectivity index (χ4n) is 3.35. The van der Waals surface area contributed by atoms with Crippen LogP contribution in [-0.2, 0) is 14.6 Å². The molecule has 2 heterocycles. The van der Waals surface area contributed by atoms with Crippen LogP contribution in [0.15, 0.2) is 34.1 Å². The Morgan fingerprint density at radius 2 is 2.03 bits per heavy atom. The van der Waals surface area contributed by atoms with Gasteiger partial charge in [-0.05, 0) is 43.2 Å². The van der Waals surface area contributed by atoms with Gasteiger partial charge in [-0.15, -0.1) is 0 Å². The van der Waals surface area contributed by atoms with Gasteiger partial charge in [0.05, 0.1) is 41.5 Å². The monoisotopic (exact) mass is 429 g/mol. The van der Waals surface area contributed by atoms with E-state index in [4.69, 9.17) is 0 Å². The van der Waals surface area contributed by atoms with E-state index >= 15 is 0 Å². The Labute approximate surface area is 172 Å². The number of aromatic nitrogens is 1. The lowest BCUT2D eigenvalue weighted by atomic mass is 10.0. The van der Waals surface area contributed by atoms with E-state index in [0.717, 1.165) is 4.57 Å². The Bertz CT molecular complexity index is 1240. The van der Waals surface area contributed by atoms with Gasteiger partial charge in [0.2, 0.25) is 5.88 Å². The normalized spacial score (nSPS) is 17.7. The topological polar surface area (TPSA) is 139 Å². The van der Waals surface area contributed by atoms with Gasteiger partial charge in [-0.2, -0.15) is 5.26 Å². The number of methoxy groups -OCH3 is 1. The summed E-state index contributed by atoms with van der Waals surface area (Å²) in [5, 5.41) is 20.2. The quantitative estimate of drug-likeness (QED) is 0.575. The molecule has 1 N–H and O–H groups in total. The van der Waals surface area contributed by atoms with E-state index in [2.05, 4.69) is 9.73 Å². The van der Waals surface area contributed by atoms with Crippen LogP contribution >= 0.6 is 0 Å².